The maximum absolute atomic E-state index is 14.1. The minimum absolute atomic E-state index is 0.0423. The summed E-state index contributed by atoms with van der Waals surface area (Å²) in [6.45, 7) is 9.50. The molecule has 1 amide bonds. The fourth-order valence-corrected chi connectivity index (χ4v) is 6.41. The number of para-hydroxylation sites is 1. The molecule has 2 bridgehead atoms. The van der Waals surface area contributed by atoms with E-state index in [9.17, 15) is 9.59 Å². The average molecular weight is 395 g/mol. The zero-order chi connectivity index (χ0) is 20.8. The van der Waals surface area contributed by atoms with Gasteiger partial charge in [-0.3, -0.25) is 9.59 Å². The SMILES string of the molecule is C[C@H]1c2c(c3ccccc3n2C)CCN1C(=O)[C@@]12CC[C@@](C)(COC1=O)C2(C)C. The molecule has 5 rings (SSSR count). The summed E-state index contributed by atoms with van der Waals surface area (Å²) in [4.78, 5) is 29.1. The Morgan fingerprint density at radius 3 is 2.66 bits per heavy atom. The molecule has 1 aromatic heterocycles. The molecule has 2 aliphatic heterocycles. The summed E-state index contributed by atoms with van der Waals surface area (Å²) in [5.74, 6) is -0.364. The zero-order valence-corrected chi connectivity index (χ0v) is 18.0. The van der Waals surface area contributed by atoms with Gasteiger partial charge in [-0.05, 0) is 43.2 Å². The van der Waals surface area contributed by atoms with E-state index in [4.69, 9.17) is 4.74 Å². The van der Waals surface area contributed by atoms with Gasteiger partial charge in [0.2, 0.25) is 5.91 Å². The van der Waals surface area contributed by atoms with Crippen molar-refractivity contribution in [2.24, 2.45) is 23.3 Å². The number of esters is 1. The molecule has 2 fully saturated rings. The zero-order valence-electron chi connectivity index (χ0n) is 18.0. The number of carbonyl (C=O) groups is 2. The third kappa shape index (κ3) is 2.01. The van der Waals surface area contributed by atoms with Crippen LogP contribution in [0.25, 0.3) is 10.9 Å². The predicted octanol–water partition coefficient (Wildman–Crippen LogP) is 3.99. The van der Waals surface area contributed by atoms with Crippen LogP contribution in [0.15, 0.2) is 24.3 Å². The van der Waals surface area contributed by atoms with Crippen molar-refractivity contribution in [3.8, 4) is 0 Å². The summed E-state index contributed by atoms with van der Waals surface area (Å²) in [7, 11) is 2.08. The molecule has 154 valence electrons. The van der Waals surface area contributed by atoms with E-state index in [1.165, 1.54) is 22.2 Å². The first-order valence-electron chi connectivity index (χ1n) is 10.7. The third-order valence-corrected chi connectivity index (χ3v) is 8.85. The Morgan fingerprint density at radius 1 is 1.17 bits per heavy atom. The van der Waals surface area contributed by atoms with E-state index in [-0.39, 0.29) is 23.3 Å². The summed E-state index contributed by atoms with van der Waals surface area (Å²) in [5.41, 5.74) is 2.06. The molecule has 3 atom stereocenters. The number of cyclic esters (lactones) is 1. The van der Waals surface area contributed by atoms with Gasteiger partial charge in [0.1, 0.15) is 0 Å². The van der Waals surface area contributed by atoms with Crippen LogP contribution in [0.5, 0.6) is 0 Å². The number of fused-ring (bicyclic) bond motifs is 5. The number of amides is 1. The standard InChI is InChI=1S/C24H30N2O3/c1-15-19-17(16-8-6-7-9-18(16)25(19)5)10-13-26(15)20(27)24-12-11-23(4,22(24,2)3)14-29-21(24)28/h6-9,15H,10-14H2,1-5H3/t15-,23-,24-/m0/s1. The normalized spacial score (nSPS) is 32.9. The van der Waals surface area contributed by atoms with Gasteiger partial charge in [-0.2, -0.15) is 0 Å². The Bertz CT molecular complexity index is 1050. The Balaban J connectivity index is 1.59. The smallest absolute Gasteiger partial charge is 0.322 e. The van der Waals surface area contributed by atoms with Crippen LogP contribution in [-0.2, 0) is 27.8 Å². The second-order valence-electron chi connectivity index (χ2n) is 10.0. The molecule has 0 radical (unpaired) electrons. The lowest BCUT2D eigenvalue weighted by molar-refractivity contribution is -0.194. The van der Waals surface area contributed by atoms with Gasteiger partial charge >= 0.3 is 5.97 Å². The van der Waals surface area contributed by atoms with E-state index >= 15 is 0 Å². The highest BCUT2D eigenvalue weighted by Gasteiger charge is 2.72. The predicted molar refractivity (Wildman–Crippen MR) is 111 cm³/mol. The van der Waals surface area contributed by atoms with Crippen molar-refractivity contribution in [3.05, 3.63) is 35.5 Å². The van der Waals surface area contributed by atoms with Gasteiger partial charge < -0.3 is 14.2 Å². The van der Waals surface area contributed by atoms with E-state index in [1.807, 2.05) is 4.90 Å². The molecule has 5 nitrogen and oxygen atoms in total. The first-order valence-corrected chi connectivity index (χ1v) is 10.7. The van der Waals surface area contributed by atoms with Crippen molar-refractivity contribution < 1.29 is 14.3 Å². The number of aromatic nitrogens is 1. The van der Waals surface area contributed by atoms with E-state index in [0.29, 0.717) is 19.6 Å². The van der Waals surface area contributed by atoms with Crippen LogP contribution < -0.4 is 0 Å². The minimum atomic E-state index is -1.07. The Morgan fingerprint density at radius 2 is 1.90 bits per heavy atom. The van der Waals surface area contributed by atoms with Crippen LogP contribution in [-0.4, -0.2) is 34.5 Å². The molecule has 1 saturated carbocycles. The highest BCUT2D eigenvalue weighted by Crippen LogP contribution is 2.66. The van der Waals surface area contributed by atoms with Crippen LogP contribution in [0.2, 0.25) is 0 Å². The minimum Gasteiger partial charge on any atom is -0.464 e. The van der Waals surface area contributed by atoms with Gasteiger partial charge in [0.25, 0.3) is 0 Å². The number of rotatable bonds is 1. The molecule has 3 heterocycles. The van der Waals surface area contributed by atoms with Gasteiger partial charge in [0.15, 0.2) is 5.41 Å². The summed E-state index contributed by atoms with van der Waals surface area (Å²) in [6, 6.07) is 8.36. The molecule has 1 aromatic carbocycles. The van der Waals surface area contributed by atoms with Gasteiger partial charge in [-0.15, -0.1) is 0 Å². The number of hydrogen-bond acceptors (Lipinski definition) is 3. The highest BCUT2D eigenvalue weighted by atomic mass is 16.5. The average Bonchev–Trinajstić information content (AvgIpc) is 3.03. The highest BCUT2D eigenvalue weighted by molar-refractivity contribution is 6.05. The Kier molecular flexibility index (Phi) is 3.64. The molecule has 29 heavy (non-hydrogen) atoms. The molecule has 0 N–H and O–H groups in total. The Hall–Kier alpha value is -2.30. The molecule has 2 aromatic rings. The van der Waals surface area contributed by atoms with Gasteiger partial charge in [0, 0.05) is 35.6 Å². The van der Waals surface area contributed by atoms with Crippen LogP contribution in [0.4, 0.5) is 0 Å². The summed E-state index contributed by atoms with van der Waals surface area (Å²) in [6.07, 6.45) is 2.24. The molecule has 5 heteroatoms. The number of hydrogen-bond donors (Lipinski definition) is 0. The van der Waals surface area contributed by atoms with Gasteiger partial charge in [-0.25, -0.2) is 0 Å². The van der Waals surface area contributed by atoms with Crippen molar-refractivity contribution >= 4 is 22.8 Å². The molecular weight excluding hydrogens is 364 g/mol. The maximum Gasteiger partial charge on any atom is 0.322 e. The van der Waals surface area contributed by atoms with Crippen molar-refractivity contribution in [2.75, 3.05) is 13.2 Å². The Labute approximate surface area is 172 Å². The van der Waals surface area contributed by atoms with Crippen LogP contribution in [0.1, 0.15) is 57.8 Å². The molecule has 1 saturated heterocycles. The summed E-state index contributed by atoms with van der Waals surface area (Å²) in [5, 5.41) is 1.27. The van der Waals surface area contributed by atoms with E-state index in [0.717, 1.165) is 12.8 Å². The van der Waals surface area contributed by atoms with Crippen molar-refractivity contribution in [1.82, 2.24) is 9.47 Å². The van der Waals surface area contributed by atoms with E-state index in [2.05, 4.69) is 63.6 Å². The first kappa shape index (κ1) is 18.7. The topological polar surface area (TPSA) is 51.5 Å². The fraction of sp³-hybridized carbons (Fsp3) is 0.583. The molecule has 0 unspecified atom stereocenters. The molecule has 0 spiro atoms. The lowest BCUT2D eigenvalue weighted by atomic mass is 9.57. The summed E-state index contributed by atoms with van der Waals surface area (Å²) < 4.78 is 7.82. The largest absolute Gasteiger partial charge is 0.464 e. The van der Waals surface area contributed by atoms with Gasteiger partial charge in [0.05, 0.1) is 12.6 Å². The van der Waals surface area contributed by atoms with Crippen molar-refractivity contribution in [2.45, 2.75) is 53.0 Å². The number of aryl methyl sites for hydroxylation is 1. The second kappa shape index (κ2) is 5.65. The third-order valence-electron chi connectivity index (χ3n) is 8.85. The molecular formula is C24H30N2O3. The molecule has 3 aliphatic rings. The van der Waals surface area contributed by atoms with Gasteiger partial charge in [-0.1, -0.05) is 39.0 Å². The van der Waals surface area contributed by atoms with E-state index < -0.39 is 10.8 Å². The quantitative estimate of drug-likeness (QED) is 0.543. The van der Waals surface area contributed by atoms with E-state index in [1.54, 1.807) is 0 Å². The van der Waals surface area contributed by atoms with Crippen molar-refractivity contribution in [3.63, 3.8) is 0 Å². The summed E-state index contributed by atoms with van der Waals surface area (Å²) >= 11 is 0. The number of nitrogens with zero attached hydrogens (tertiary/aromatic N) is 2. The van der Waals surface area contributed by atoms with Crippen LogP contribution in [0, 0.1) is 16.2 Å². The fourth-order valence-electron chi connectivity index (χ4n) is 6.41. The maximum atomic E-state index is 14.1. The van der Waals surface area contributed by atoms with Crippen molar-refractivity contribution in [1.29, 1.82) is 0 Å². The number of benzene rings is 1. The number of carbonyl (C=O) groups excluding carboxylic acids is 2. The molecule has 1 aliphatic carbocycles. The van der Waals surface area contributed by atoms with Crippen LogP contribution in [0.3, 0.4) is 0 Å². The first-order chi connectivity index (χ1) is 13.7. The lowest BCUT2D eigenvalue weighted by Crippen LogP contribution is -2.62. The van der Waals surface area contributed by atoms with Crippen LogP contribution >= 0.6 is 0 Å². The lowest BCUT2D eigenvalue weighted by Gasteiger charge is -2.52. The number of ether oxygens (including phenoxy) is 1. The monoisotopic (exact) mass is 394 g/mol. The second-order valence-corrected chi connectivity index (χ2v) is 10.0.